The first-order chi connectivity index (χ1) is 10.1. The number of nitrogens with two attached hydrogens (primary N) is 1. The Kier molecular flexibility index (Phi) is 8.48. The Hall–Kier alpha value is -1.58. The highest BCUT2D eigenvalue weighted by atomic mass is 19.1. The molecule has 0 spiro atoms. The van der Waals surface area contributed by atoms with Crippen molar-refractivity contribution in [3.05, 3.63) is 30.1 Å². The molecule has 0 aliphatic heterocycles. The predicted molar refractivity (Wildman–Crippen MR) is 85.6 cm³/mol. The molecule has 0 bridgehead atoms. The van der Waals surface area contributed by atoms with Gasteiger partial charge in [0.25, 0.3) is 0 Å². The second-order valence-corrected chi connectivity index (χ2v) is 5.52. The molecule has 0 radical (unpaired) electrons. The van der Waals surface area contributed by atoms with Crippen LogP contribution < -0.4 is 11.1 Å². The fourth-order valence-corrected chi connectivity index (χ4v) is 2.34. The van der Waals surface area contributed by atoms with Crippen LogP contribution in [0.1, 0.15) is 58.3 Å². The van der Waals surface area contributed by atoms with E-state index in [1.54, 1.807) is 12.1 Å². The van der Waals surface area contributed by atoms with Gasteiger partial charge in [-0.3, -0.25) is 4.79 Å². The largest absolute Gasteiger partial charge is 0.374 e. The Balaban J connectivity index is 2.27. The molecule has 0 aliphatic rings. The van der Waals surface area contributed by atoms with Gasteiger partial charge in [-0.2, -0.15) is 0 Å². The summed E-state index contributed by atoms with van der Waals surface area (Å²) in [6.45, 7) is 2.21. The van der Waals surface area contributed by atoms with Gasteiger partial charge in [-0.1, -0.05) is 51.9 Å². The first-order valence-electron chi connectivity index (χ1n) is 7.95. The van der Waals surface area contributed by atoms with Gasteiger partial charge in [-0.15, -0.1) is 0 Å². The molecule has 0 aliphatic carbocycles. The second-order valence-electron chi connectivity index (χ2n) is 5.52. The van der Waals surface area contributed by atoms with E-state index in [2.05, 4.69) is 12.2 Å². The number of carbonyl (C=O) groups is 1. The average Bonchev–Trinajstić information content (AvgIpc) is 2.47. The Morgan fingerprint density at radius 2 is 1.67 bits per heavy atom. The van der Waals surface area contributed by atoms with Gasteiger partial charge in [-0.25, -0.2) is 4.39 Å². The number of benzene rings is 1. The van der Waals surface area contributed by atoms with Gasteiger partial charge >= 0.3 is 0 Å². The van der Waals surface area contributed by atoms with E-state index in [9.17, 15) is 9.18 Å². The summed E-state index contributed by atoms with van der Waals surface area (Å²) in [7, 11) is 0. The summed E-state index contributed by atoms with van der Waals surface area (Å²) in [4.78, 5) is 11.5. The average molecular weight is 294 g/mol. The second kappa shape index (κ2) is 10.2. The number of carbonyl (C=O) groups excluding carboxylic acids is 1. The number of amides is 1. The van der Waals surface area contributed by atoms with Crippen LogP contribution in [0.5, 0.6) is 0 Å². The topological polar surface area (TPSA) is 55.1 Å². The molecule has 0 heterocycles. The van der Waals surface area contributed by atoms with Crippen LogP contribution in [0.2, 0.25) is 0 Å². The van der Waals surface area contributed by atoms with Crippen molar-refractivity contribution in [3.63, 3.8) is 0 Å². The number of rotatable bonds is 11. The van der Waals surface area contributed by atoms with Crippen molar-refractivity contribution >= 4 is 11.6 Å². The summed E-state index contributed by atoms with van der Waals surface area (Å²) in [5.41, 5.74) is 6.14. The Morgan fingerprint density at radius 3 is 2.24 bits per heavy atom. The van der Waals surface area contributed by atoms with Gasteiger partial charge < -0.3 is 11.1 Å². The first kappa shape index (κ1) is 17.5. The van der Waals surface area contributed by atoms with E-state index < -0.39 is 0 Å². The summed E-state index contributed by atoms with van der Waals surface area (Å²) >= 11 is 0. The van der Waals surface area contributed by atoms with Crippen molar-refractivity contribution in [1.29, 1.82) is 0 Å². The molecule has 3 nitrogen and oxygen atoms in total. The molecule has 1 atom stereocenters. The van der Waals surface area contributed by atoms with Gasteiger partial charge in [0.1, 0.15) is 11.9 Å². The molecule has 1 unspecified atom stereocenters. The van der Waals surface area contributed by atoms with E-state index in [1.807, 2.05) is 0 Å². The molecule has 0 fully saturated rings. The summed E-state index contributed by atoms with van der Waals surface area (Å²) in [6, 6.07) is 5.60. The molecule has 0 saturated carbocycles. The van der Waals surface area contributed by atoms with Crippen LogP contribution in [0.4, 0.5) is 10.1 Å². The lowest BCUT2D eigenvalue weighted by Gasteiger charge is -2.16. The van der Waals surface area contributed by atoms with E-state index in [4.69, 9.17) is 5.73 Å². The number of primary amides is 1. The third-order valence-corrected chi connectivity index (χ3v) is 3.62. The van der Waals surface area contributed by atoms with E-state index in [1.165, 1.54) is 44.2 Å². The number of halogens is 1. The van der Waals surface area contributed by atoms with Crippen LogP contribution in [-0.2, 0) is 4.79 Å². The molecule has 1 rings (SSSR count). The molecule has 4 heteroatoms. The molecular formula is C17H27FN2O. The lowest BCUT2D eigenvalue weighted by Crippen LogP contribution is -2.35. The molecule has 21 heavy (non-hydrogen) atoms. The first-order valence-corrected chi connectivity index (χ1v) is 7.95. The van der Waals surface area contributed by atoms with E-state index in [0.717, 1.165) is 24.9 Å². The van der Waals surface area contributed by atoms with Crippen LogP contribution in [0.3, 0.4) is 0 Å². The van der Waals surface area contributed by atoms with E-state index >= 15 is 0 Å². The fraction of sp³-hybridized carbons (Fsp3) is 0.588. The van der Waals surface area contributed by atoms with Gasteiger partial charge in [0.15, 0.2) is 0 Å². The van der Waals surface area contributed by atoms with Crippen molar-refractivity contribution in [2.45, 2.75) is 64.3 Å². The maximum Gasteiger partial charge on any atom is 0.239 e. The number of hydrogen-bond acceptors (Lipinski definition) is 2. The highest BCUT2D eigenvalue weighted by Gasteiger charge is 2.14. The molecular weight excluding hydrogens is 267 g/mol. The van der Waals surface area contributed by atoms with E-state index in [0.29, 0.717) is 0 Å². The van der Waals surface area contributed by atoms with Gasteiger partial charge in [-0.05, 0) is 30.7 Å². The SMILES string of the molecule is CCCCCCCCCC(Nc1ccc(F)cc1)C(N)=O. The molecule has 1 aromatic rings. The number of anilines is 1. The lowest BCUT2D eigenvalue weighted by atomic mass is 10.0. The molecule has 0 saturated heterocycles. The number of unbranched alkanes of at least 4 members (excludes halogenated alkanes) is 6. The zero-order valence-corrected chi connectivity index (χ0v) is 12.9. The zero-order chi connectivity index (χ0) is 15.5. The van der Waals surface area contributed by atoms with Gasteiger partial charge in [0, 0.05) is 5.69 Å². The van der Waals surface area contributed by atoms with E-state index in [-0.39, 0.29) is 17.8 Å². The Labute approximate surface area is 127 Å². The number of hydrogen-bond donors (Lipinski definition) is 2. The van der Waals surface area contributed by atoms with Crippen molar-refractivity contribution in [3.8, 4) is 0 Å². The minimum atomic E-state index is -0.383. The van der Waals surface area contributed by atoms with Gasteiger partial charge in [0.05, 0.1) is 0 Å². The Morgan fingerprint density at radius 1 is 1.10 bits per heavy atom. The summed E-state index contributed by atoms with van der Waals surface area (Å²) in [6.07, 6.45) is 9.15. The highest BCUT2D eigenvalue weighted by Crippen LogP contribution is 2.14. The normalized spacial score (nSPS) is 12.1. The molecule has 0 aromatic heterocycles. The van der Waals surface area contributed by atoms with Crippen molar-refractivity contribution in [2.75, 3.05) is 5.32 Å². The van der Waals surface area contributed by atoms with Crippen LogP contribution in [0.15, 0.2) is 24.3 Å². The maximum absolute atomic E-state index is 12.8. The molecule has 3 N–H and O–H groups in total. The van der Waals surface area contributed by atoms with Crippen LogP contribution >= 0.6 is 0 Å². The maximum atomic E-state index is 12.8. The monoisotopic (exact) mass is 294 g/mol. The smallest absolute Gasteiger partial charge is 0.239 e. The quantitative estimate of drug-likeness (QED) is 0.600. The summed E-state index contributed by atoms with van der Waals surface area (Å²) in [5, 5.41) is 3.08. The van der Waals surface area contributed by atoms with Crippen LogP contribution in [-0.4, -0.2) is 11.9 Å². The van der Waals surface area contributed by atoms with Crippen LogP contribution in [0, 0.1) is 5.82 Å². The lowest BCUT2D eigenvalue weighted by molar-refractivity contribution is -0.118. The van der Waals surface area contributed by atoms with Crippen LogP contribution in [0.25, 0.3) is 0 Å². The van der Waals surface area contributed by atoms with Crippen molar-refractivity contribution < 1.29 is 9.18 Å². The summed E-state index contributed by atoms with van der Waals surface area (Å²) < 4.78 is 12.8. The summed E-state index contributed by atoms with van der Waals surface area (Å²) in [5.74, 6) is -0.645. The zero-order valence-electron chi connectivity index (χ0n) is 12.9. The van der Waals surface area contributed by atoms with Gasteiger partial charge in [0.2, 0.25) is 5.91 Å². The third kappa shape index (κ3) is 7.69. The molecule has 1 aromatic carbocycles. The predicted octanol–water partition coefficient (Wildman–Crippen LogP) is 4.23. The number of nitrogens with one attached hydrogen (secondary N) is 1. The standard InChI is InChI=1S/C17H27FN2O/c1-2-3-4-5-6-7-8-9-16(17(19)21)20-15-12-10-14(18)11-13-15/h10-13,16,20H,2-9H2,1H3,(H2,19,21). The minimum Gasteiger partial charge on any atom is -0.374 e. The third-order valence-electron chi connectivity index (χ3n) is 3.62. The minimum absolute atomic E-state index is 0.289. The highest BCUT2D eigenvalue weighted by molar-refractivity contribution is 5.82. The molecule has 1 amide bonds. The van der Waals surface area contributed by atoms with Crippen molar-refractivity contribution in [2.24, 2.45) is 5.73 Å². The fourth-order valence-electron chi connectivity index (χ4n) is 2.34. The Bertz CT molecular complexity index is 406. The van der Waals surface area contributed by atoms with Crippen molar-refractivity contribution in [1.82, 2.24) is 0 Å². The molecule has 118 valence electrons.